The van der Waals surface area contributed by atoms with Crippen LogP contribution in [0.15, 0.2) is 41.2 Å². The Morgan fingerprint density at radius 3 is 2.96 bits per heavy atom. The molecule has 0 spiro atoms. The number of H-pyrrole nitrogens is 1. The normalized spacial score (nSPS) is 13.5. The zero-order chi connectivity index (χ0) is 16.7. The molecule has 0 bridgehead atoms. The van der Waals surface area contributed by atoms with Gasteiger partial charge in [0.1, 0.15) is 0 Å². The predicted octanol–water partition coefficient (Wildman–Crippen LogP) is 4.04. The molecule has 1 aliphatic heterocycles. The highest BCUT2D eigenvalue weighted by Gasteiger charge is 2.18. The first-order valence-electron chi connectivity index (χ1n) is 7.07. The molecule has 4 rings (SSSR count). The Morgan fingerprint density at radius 1 is 1.25 bits per heavy atom. The van der Waals surface area contributed by atoms with Gasteiger partial charge in [0.25, 0.3) is 5.56 Å². The van der Waals surface area contributed by atoms with Gasteiger partial charge in [-0.2, -0.15) is 0 Å². The van der Waals surface area contributed by atoms with Crippen molar-refractivity contribution in [2.75, 3.05) is 6.79 Å². The molecule has 0 radical (unpaired) electrons. The number of aromatic nitrogens is 2. The molecule has 24 heavy (non-hydrogen) atoms. The second-order valence-corrected chi connectivity index (χ2v) is 5.97. The minimum Gasteiger partial charge on any atom is -0.454 e. The van der Waals surface area contributed by atoms with Gasteiger partial charge < -0.3 is 14.5 Å². The molecule has 2 heterocycles. The Hall–Kier alpha value is -2.50. The second kappa shape index (κ2) is 5.85. The van der Waals surface area contributed by atoms with Crippen LogP contribution >= 0.6 is 23.2 Å². The zero-order valence-corrected chi connectivity index (χ0v) is 13.7. The van der Waals surface area contributed by atoms with Crippen LogP contribution in [0.1, 0.15) is 11.4 Å². The van der Waals surface area contributed by atoms with Crippen LogP contribution < -0.4 is 15.0 Å². The van der Waals surface area contributed by atoms with E-state index in [-0.39, 0.29) is 23.2 Å². The third-order valence-corrected chi connectivity index (χ3v) is 4.15. The van der Waals surface area contributed by atoms with Crippen molar-refractivity contribution in [1.82, 2.24) is 9.97 Å². The summed E-state index contributed by atoms with van der Waals surface area (Å²) in [6.45, 7) is 0.134. The summed E-state index contributed by atoms with van der Waals surface area (Å²) in [4.78, 5) is 19.2. The minimum atomic E-state index is -0.245. The molecule has 0 saturated heterocycles. The van der Waals surface area contributed by atoms with Gasteiger partial charge in [-0.15, -0.1) is 0 Å². The SMILES string of the molecule is O=c1[nH]c(/C(Cl)=C\c2cc(Cl)c3c(c2)OCO3)nc2ccccc12. The largest absolute Gasteiger partial charge is 0.454 e. The lowest BCUT2D eigenvalue weighted by Gasteiger charge is -2.04. The molecular weight excluding hydrogens is 351 g/mol. The lowest BCUT2D eigenvalue weighted by molar-refractivity contribution is 0.174. The van der Waals surface area contributed by atoms with Crippen molar-refractivity contribution in [3.63, 3.8) is 0 Å². The standard InChI is InChI=1S/C17H10Cl2N2O3/c18-11-5-9(7-14-15(11)24-8-23-14)6-12(19)16-20-13-4-2-1-3-10(13)17(22)21-16/h1-7H,8H2,(H,20,21,22)/b12-6+. The molecule has 3 aromatic rings. The number of hydrogen-bond acceptors (Lipinski definition) is 4. The van der Waals surface area contributed by atoms with Crippen LogP contribution in [0.2, 0.25) is 5.02 Å². The molecule has 120 valence electrons. The maximum atomic E-state index is 12.1. The zero-order valence-electron chi connectivity index (χ0n) is 12.2. The number of nitrogens with zero attached hydrogens (tertiary/aromatic N) is 1. The summed E-state index contributed by atoms with van der Waals surface area (Å²) in [7, 11) is 0. The number of benzene rings is 2. The summed E-state index contributed by atoms with van der Waals surface area (Å²) in [5.41, 5.74) is 1.04. The maximum Gasteiger partial charge on any atom is 0.259 e. The van der Waals surface area contributed by atoms with Gasteiger partial charge in [0.15, 0.2) is 17.3 Å². The van der Waals surface area contributed by atoms with E-state index in [1.165, 1.54) is 0 Å². The van der Waals surface area contributed by atoms with Crippen molar-refractivity contribution < 1.29 is 9.47 Å². The van der Waals surface area contributed by atoms with Crippen molar-refractivity contribution in [1.29, 1.82) is 0 Å². The lowest BCUT2D eigenvalue weighted by atomic mass is 10.2. The molecule has 2 aromatic carbocycles. The van der Waals surface area contributed by atoms with Crippen molar-refractivity contribution >= 4 is 45.2 Å². The minimum absolute atomic E-state index is 0.134. The predicted molar refractivity (Wildman–Crippen MR) is 93.7 cm³/mol. The number of halogens is 2. The van der Waals surface area contributed by atoms with Crippen molar-refractivity contribution in [2.45, 2.75) is 0 Å². The van der Waals surface area contributed by atoms with Gasteiger partial charge in [-0.1, -0.05) is 35.3 Å². The van der Waals surface area contributed by atoms with Crippen molar-refractivity contribution in [3.8, 4) is 11.5 Å². The molecule has 1 aromatic heterocycles. The van der Waals surface area contributed by atoms with Crippen molar-refractivity contribution in [2.24, 2.45) is 0 Å². The fourth-order valence-electron chi connectivity index (χ4n) is 2.48. The Kier molecular flexibility index (Phi) is 3.67. The molecule has 0 unspecified atom stereocenters. The van der Waals surface area contributed by atoms with E-state index in [9.17, 15) is 4.79 Å². The smallest absolute Gasteiger partial charge is 0.259 e. The molecule has 0 amide bonds. The van der Waals surface area contributed by atoms with Crippen LogP contribution in [0.5, 0.6) is 11.5 Å². The Bertz CT molecular complexity index is 1040. The van der Waals surface area contributed by atoms with Crippen LogP contribution in [0.4, 0.5) is 0 Å². The monoisotopic (exact) mass is 360 g/mol. The number of aromatic amines is 1. The number of rotatable bonds is 2. The maximum absolute atomic E-state index is 12.1. The Morgan fingerprint density at radius 2 is 2.08 bits per heavy atom. The third-order valence-electron chi connectivity index (χ3n) is 3.58. The van der Waals surface area contributed by atoms with E-state index in [1.54, 1.807) is 36.4 Å². The molecule has 0 saturated carbocycles. The molecule has 1 N–H and O–H groups in total. The number of nitrogens with one attached hydrogen (secondary N) is 1. The van der Waals surface area contributed by atoms with E-state index in [1.807, 2.05) is 6.07 Å². The van der Waals surface area contributed by atoms with Gasteiger partial charge in [0.2, 0.25) is 6.79 Å². The molecule has 1 aliphatic rings. The topological polar surface area (TPSA) is 64.2 Å². The summed E-state index contributed by atoms with van der Waals surface area (Å²) < 4.78 is 10.6. The Balaban J connectivity index is 1.79. The molecule has 0 fully saturated rings. The highest BCUT2D eigenvalue weighted by atomic mass is 35.5. The summed E-state index contributed by atoms with van der Waals surface area (Å²) in [5.74, 6) is 1.36. The van der Waals surface area contributed by atoms with Gasteiger partial charge in [0.05, 0.1) is 21.0 Å². The van der Waals surface area contributed by atoms with Gasteiger partial charge in [-0.05, 0) is 35.9 Å². The highest BCUT2D eigenvalue weighted by molar-refractivity contribution is 6.50. The Labute approximate surface area is 146 Å². The lowest BCUT2D eigenvalue weighted by Crippen LogP contribution is -2.10. The third kappa shape index (κ3) is 2.62. The highest BCUT2D eigenvalue weighted by Crippen LogP contribution is 2.40. The average Bonchev–Trinajstić information content (AvgIpc) is 3.04. The number of para-hydroxylation sites is 1. The number of hydrogen-bond donors (Lipinski definition) is 1. The van der Waals surface area contributed by atoms with E-state index >= 15 is 0 Å². The quantitative estimate of drug-likeness (QED) is 0.748. The molecular formula is C17H10Cl2N2O3. The van der Waals surface area contributed by atoms with Gasteiger partial charge in [-0.25, -0.2) is 4.98 Å². The first-order chi connectivity index (χ1) is 11.6. The van der Waals surface area contributed by atoms with E-state index in [4.69, 9.17) is 32.7 Å². The van der Waals surface area contributed by atoms with E-state index < -0.39 is 0 Å². The second-order valence-electron chi connectivity index (χ2n) is 5.16. The summed E-state index contributed by atoms with van der Waals surface area (Å²) in [5, 5.41) is 1.23. The van der Waals surface area contributed by atoms with E-state index in [0.29, 0.717) is 33.0 Å². The first kappa shape index (κ1) is 15.1. The van der Waals surface area contributed by atoms with Crippen LogP contribution in [0.3, 0.4) is 0 Å². The van der Waals surface area contributed by atoms with Crippen LogP contribution in [0, 0.1) is 0 Å². The van der Waals surface area contributed by atoms with Crippen LogP contribution in [-0.2, 0) is 0 Å². The van der Waals surface area contributed by atoms with Crippen LogP contribution in [0.25, 0.3) is 22.0 Å². The fraction of sp³-hybridized carbons (Fsp3) is 0.0588. The average molecular weight is 361 g/mol. The first-order valence-corrected chi connectivity index (χ1v) is 7.83. The number of fused-ring (bicyclic) bond motifs is 2. The molecule has 0 aliphatic carbocycles. The van der Waals surface area contributed by atoms with E-state index in [0.717, 1.165) is 0 Å². The van der Waals surface area contributed by atoms with Crippen molar-refractivity contribution in [3.05, 3.63) is 63.2 Å². The summed E-state index contributed by atoms with van der Waals surface area (Å²) in [6, 6.07) is 10.5. The number of ether oxygens (including phenoxy) is 2. The summed E-state index contributed by atoms with van der Waals surface area (Å²) >= 11 is 12.5. The van der Waals surface area contributed by atoms with Crippen LogP contribution in [-0.4, -0.2) is 16.8 Å². The summed E-state index contributed by atoms with van der Waals surface area (Å²) in [6.07, 6.45) is 1.66. The van der Waals surface area contributed by atoms with Gasteiger partial charge >= 0.3 is 0 Å². The van der Waals surface area contributed by atoms with Gasteiger partial charge in [0, 0.05) is 0 Å². The molecule has 0 atom stereocenters. The fourth-order valence-corrected chi connectivity index (χ4v) is 2.97. The van der Waals surface area contributed by atoms with Gasteiger partial charge in [-0.3, -0.25) is 4.79 Å². The molecule has 5 nitrogen and oxygen atoms in total. The van der Waals surface area contributed by atoms with E-state index in [2.05, 4.69) is 9.97 Å². The molecule has 7 heteroatoms.